The lowest BCUT2D eigenvalue weighted by atomic mass is 9.83. The minimum absolute atomic E-state index is 0.0835. The van der Waals surface area contributed by atoms with Crippen molar-refractivity contribution in [3.8, 4) is 0 Å². The second kappa shape index (κ2) is 4.33. The molecule has 4 nitrogen and oxygen atoms in total. The Morgan fingerprint density at radius 1 is 1.40 bits per heavy atom. The molecular weight excluding hydrogens is 239 g/mol. The zero-order valence-electron chi connectivity index (χ0n) is 8.29. The van der Waals surface area contributed by atoms with Crippen molar-refractivity contribution >= 4 is 29.2 Å². The van der Waals surface area contributed by atoms with Crippen LogP contribution in [0.1, 0.15) is 25.8 Å². The molecule has 0 unspecified atom stereocenters. The van der Waals surface area contributed by atoms with Crippen LogP contribution in [0.5, 0.6) is 0 Å². The molecule has 0 spiro atoms. The Kier molecular flexibility index (Phi) is 3.52. The molecule has 0 aliphatic carbocycles. The van der Waals surface area contributed by atoms with Crippen LogP contribution >= 0.6 is 23.2 Å². The maximum absolute atomic E-state index is 10.7. The molecular formula is C9H10Cl2N2O2. The fourth-order valence-electron chi connectivity index (χ4n) is 1.37. The van der Waals surface area contributed by atoms with Gasteiger partial charge in [-0.15, -0.1) is 0 Å². The third-order valence-corrected chi connectivity index (χ3v) is 2.60. The molecule has 1 rings (SSSR count). The smallest absolute Gasteiger partial charge is 0.304 e. The third kappa shape index (κ3) is 2.79. The summed E-state index contributed by atoms with van der Waals surface area (Å²) in [6.07, 6.45) is 1.16. The van der Waals surface area contributed by atoms with Crippen molar-refractivity contribution in [1.29, 1.82) is 0 Å². The van der Waals surface area contributed by atoms with Crippen molar-refractivity contribution < 1.29 is 9.90 Å². The zero-order valence-corrected chi connectivity index (χ0v) is 9.80. The third-order valence-electron chi connectivity index (χ3n) is 2.02. The molecule has 0 aromatic carbocycles. The fourth-order valence-corrected chi connectivity index (χ4v) is 2.20. The highest BCUT2D eigenvalue weighted by Crippen LogP contribution is 2.35. The van der Waals surface area contributed by atoms with Crippen molar-refractivity contribution in [3.05, 3.63) is 22.2 Å². The molecule has 0 aliphatic heterocycles. The molecule has 0 radical (unpaired) electrons. The summed E-state index contributed by atoms with van der Waals surface area (Å²) in [6.45, 7) is 3.47. The van der Waals surface area contributed by atoms with E-state index in [9.17, 15) is 4.79 Å². The molecule has 0 bridgehead atoms. The number of halogens is 2. The standard InChI is InChI=1S/C9H10Cl2N2O2/c1-9(2,3-5(14)15)6-7(10)12-4-13-8(6)11/h4H,3H2,1-2H3,(H,14,15). The van der Waals surface area contributed by atoms with Crippen LogP contribution < -0.4 is 0 Å². The highest BCUT2D eigenvalue weighted by Gasteiger charge is 2.30. The summed E-state index contributed by atoms with van der Waals surface area (Å²) < 4.78 is 0. The van der Waals surface area contributed by atoms with E-state index >= 15 is 0 Å². The first-order valence-corrected chi connectivity index (χ1v) is 4.98. The second-order valence-corrected chi connectivity index (χ2v) is 4.50. The Bertz CT molecular complexity index is 373. The van der Waals surface area contributed by atoms with Gasteiger partial charge in [0.2, 0.25) is 0 Å². The van der Waals surface area contributed by atoms with Gasteiger partial charge in [0.05, 0.1) is 6.42 Å². The van der Waals surface area contributed by atoms with Gasteiger partial charge in [-0.3, -0.25) is 4.79 Å². The molecule has 1 N–H and O–H groups in total. The van der Waals surface area contributed by atoms with Gasteiger partial charge in [-0.1, -0.05) is 37.0 Å². The maximum Gasteiger partial charge on any atom is 0.304 e. The van der Waals surface area contributed by atoms with Gasteiger partial charge >= 0.3 is 5.97 Å². The lowest BCUT2D eigenvalue weighted by Crippen LogP contribution is -2.23. The second-order valence-electron chi connectivity index (χ2n) is 3.78. The Hall–Kier alpha value is -0.870. The number of aromatic nitrogens is 2. The maximum atomic E-state index is 10.7. The van der Waals surface area contributed by atoms with Crippen LogP contribution in [0.15, 0.2) is 6.33 Å². The van der Waals surface area contributed by atoms with E-state index in [4.69, 9.17) is 28.3 Å². The summed E-state index contributed by atoms with van der Waals surface area (Å²) in [6, 6.07) is 0. The molecule has 0 saturated heterocycles. The molecule has 1 aromatic rings. The van der Waals surface area contributed by atoms with E-state index in [2.05, 4.69) is 9.97 Å². The van der Waals surface area contributed by atoms with Gasteiger partial charge in [0.25, 0.3) is 0 Å². The van der Waals surface area contributed by atoms with Gasteiger partial charge < -0.3 is 5.11 Å². The summed E-state index contributed by atoms with van der Waals surface area (Å²) in [7, 11) is 0. The predicted octanol–water partition coefficient (Wildman–Crippen LogP) is 2.54. The van der Waals surface area contributed by atoms with Crippen LogP contribution in [0.4, 0.5) is 0 Å². The van der Waals surface area contributed by atoms with E-state index in [0.717, 1.165) is 0 Å². The molecule has 6 heteroatoms. The first-order chi connectivity index (χ1) is 6.84. The SMILES string of the molecule is CC(C)(CC(=O)O)c1c(Cl)ncnc1Cl. The largest absolute Gasteiger partial charge is 0.481 e. The van der Waals surface area contributed by atoms with Gasteiger partial charge in [-0.2, -0.15) is 0 Å². The van der Waals surface area contributed by atoms with Gasteiger partial charge in [-0.25, -0.2) is 9.97 Å². The number of carboxylic acids is 1. The van der Waals surface area contributed by atoms with Crippen molar-refractivity contribution in [2.45, 2.75) is 25.7 Å². The van der Waals surface area contributed by atoms with Crippen LogP contribution in [-0.4, -0.2) is 21.0 Å². The summed E-state index contributed by atoms with van der Waals surface area (Å²) in [5, 5.41) is 9.16. The predicted molar refractivity (Wildman–Crippen MR) is 57.3 cm³/mol. The Morgan fingerprint density at radius 2 is 1.87 bits per heavy atom. The molecule has 0 aliphatic rings. The van der Waals surface area contributed by atoms with Crippen LogP contribution in [0, 0.1) is 0 Å². The number of hydrogen-bond acceptors (Lipinski definition) is 3. The Labute approximate surface area is 97.3 Å². The molecule has 0 atom stereocenters. The summed E-state index contributed by atoms with van der Waals surface area (Å²) in [5.74, 6) is -0.920. The number of rotatable bonds is 3. The molecule has 15 heavy (non-hydrogen) atoms. The van der Waals surface area contributed by atoms with Crippen LogP contribution in [0.3, 0.4) is 0 Å². The van der Waals surface area contributed by atoms with Crippen molar-refractivity contribution in [3.63, 3.8) is 0 Å². The molecule has 0 amide bonds. The Morgan fingerprint density at radius 3 is 2.27 bits per heavy atom. The monoisotopic (exact) mass is 248 g/mol. The number of hydrogen-bond donors (Lipinski definition) is 1. The highest BCUT2D eigenvalue weighted by atomic mass is 35.5. The van der Waals surface area contributed by atoms with Crippen molar-refractivity contribution in [2.24, 2.45) is 0 Å². The topological polar surface area (TPSA) is 63.1 Å². The molecule has 0 saturated carbocycles. The van der Waals surface area contributed by atoms with Gasteiger partial charge in [0.15, 0.2) is 0 Å². The minimum Gasteiger partial charge on any atom is -0.481 e. The van der Waals surface area contributed by atoms with Crippen LogP contribution in [0.2, 0.25) is 10.3 Å². The van der Waals surface area contributed by atoms with E-state index in [0.29, 0.717) is 5.56 Å². The Balaban J connectivity index is 3.19. The zero-order chi connectivity index (χ0) is 11.6. The molecule has 1 aromatic heterocycles. The fraction of sp³-hybridized carbons (Fsp3) is 0.444. The first kappa shape index (κ1) is 12.2. The summed E-state index contributed by atoms with van der Waals surface area (Å²) >= 11 is 11.7. The van der Waals surface area contributed by atoms with Crippen LogP contribution in [-0.2, 0) is 10.2 Å². The van der Waals surface area contributed by atoms with E-state index < -0.39 is 11.4 Å². The summed E-state index contributed by atoms with van der Waals surface area (Å²) in [4.78, 5) is 18.3. The number of nitrogens with zero attached hydrogens (tertiary/aromatic N) is 2. The van der Waals surface area contributed by atoms with Gasteiger partial charge in [0.1, 0.15) is 16.6 Å². The quantitative estimate of drug-likeness (QED) is 0.836. The average molecular weight is 249 g/mol. The number of carboxylic acid groups (broad SMARTS) is 1. The lowest BCUT2D eigenvalue weighted by Gasteiger charge is -2.23. The van der Waals surface area contributed by atoms with Gasteiger partial charge in [-0.05, 0) is 0 Å². The van der Waals surface area contributed by atoms with E-state index in [-0.39, 0.29) is 16.7 Å². The normalized spacial score (nSPS) is 11.5. The molecule has 0 fully saturated rings. The van der Waals surface area contributed by atoms with E-state index in [1.54, 1.807) is 13.8 Å². The summed E-state index contributed by atoms with van der Waals surface area (Å²) in [5.41, 5.74) is -0.225. The highest BCUT2D eigenvalue weighted by molar-refractivity contribution is 6.34. The average Bonchev–Trinajstić information content (AvgIpc) is 1.99. The first-order valence-electron chi connectivity index (χ1n) is 4.23. The van der Waals surface area contributed by atoms with E-state index in [1.807, 2.05) is 0 Å². The van der Waals surface area contributed by atoms with Crippen LogP contribution in [0.25, 0.3) is 0 Å². The number of carbonyl (C=O) groups is 1. The van der Waals surface area contributed by atoms with Crippen molar-refractivity contribution in [1.82, 2.24) is 9.97 Å². The minimum atomic E-state index is -0.920. The molecule has 1 heterocycles. The number of aliphatic carboxylic acids is 1. The van der Waals surface area contributed by atoms with Crippen molar-refractivity contribution in [2.75, 3.05) is 0 Å². The van der Waals surface area contributed by atoms with E-state index in [1.165, 1.54) is 6.33 Å². The molecule has 82 valence electrons. The lowest BCUT2D eigenvalue weighted by molar-refractivity contribution is -0.138. The van der Waals surface area contributed by atoms with Gasteiger partial charge in [0, 0.05) is 11.0 Å².